The smallest absolute Gasteiger partial charge is 0.316 e. The normalized spacial score (nSPS) is 13.2. The van der Waals surface area contributed by atoms with Gasteiger partial charge < -0.3 is 10.0 Å². The Kier molecular flexibility index (Phi) is 7.09. The summed E-state index contributed by atoms with van der Waals surface area (Å²) in [5.41, 5.74) is 0. The van der Waals surface area contributed by atoms with E-state index in [0.717, 1.165) is 25.4 Å². The van der Waals surface area contributed by atoms with Crippen LogP contribution in [0.2, 0.25) is 0 Å². The Morgan fingerprint density at radius 1 is 1.46 bits per heavy atom. The SMILES string of the molecule is CCN(CC)CCSC(C)C(=O)O. The van der Waals surface area contributed by atoms with Crippen molar-refractivity contribution in [1.82, 2.24) is 4.90 Å². The van der Waals surface area contributed by atoms with Crippen molar-refractivity contribution in [2.24, 2.45) is 0 Å². The first-order valence-corrected chi connectivity index (χ1v) is 5.73. The Morgan fingerprint density at radius 3 is 2.38 bits per heavy atom. The molecule has 0 saturated carbocycles. The van der Waals surface area contributed by atoms with Crippen LogP contribution in [0.15, 0.2) is 0 Å². The number of thioether (sulfide) groups is 1. The van der Waals surface area contributed by atoms with E-state index in [1.165, 1.54) is 11.8 Å². The van der Waals surface area contributed by atoms with E-state index in [9.17, 15) is 4.79 Å². The molecule has 0 aromatic carbocycles. The van der Waals surface area contributed by atoms with Gasteiger partial charge in [0.15, 0.2) is 0 Å². The average Bonchev–Trinajstić information content (AvgIpc) is 2.12. The van der Waals surface area contributed by atoms with Crippen LogP contribution in [-0.2, 0) is 4.79 Å². The summed E-state index contributed by atoms with van der Waals surface area (Å²) in [6.07, 6.45) is 0. The Balaban J connectivity index is 3.48. The second-order valence-electron chi connectivity index (χ2n) is 2.88. The third-order valence-corrected chi connectivity index (χ3v) is 3.14. The fraction of sp³-hybridized carbons (Fsp3) is 0.889. The van der Waals surface area contributed by atoms with E-state index < -0.39 is 5.97 Å². The quantitative estimate of drug-likeness (QED) is 0.684. The molecule has 0 bridgehead atoms. The van der Waals surface area contributed by atoms with Gasteiger partial charge in [-0.25, -0.2) is 0 Å². The molecule has 3 nitrogen and oxygen atoms in total. The van der Waals surface area contributed by atoms with Gasteiger partial charge in [0.25, 0.3) is 0 Å². The summed E-state index contributed by atoms with van der Waals surface area (Å²) in [6, 6.07) is 0. The van der Waals surface area contributed by atoms with Crippen LogP contribution >= 0.6 is 11.8 Å². The molecule has 0 rings (SSSR count). The summed E-state index contributed by atoms with van der Waals surface area (Å²) in [6.45, 7) is 9.03. The molecule has 13 heavy (non-hydrogen) atoms. The number of carboxylic acid groups (broad SMARTS) is 1. The predicted molar refractivity (Wildman–Crippen MR) is 57.3 cm³/mol. The van der Waals surface area contributed by atoms with Gasteiger partial charge in [-0.1, -0.05) is 13.8 Å². The lowest BCUT2D eigenvalue weighted by atomic mass is 10.5. The van der Waals surface area contributed by atoms with Crippen LogP contribution in [0.4, 0.5) is 0 Å². The molecule has 0 aromatic rings. The molecule has 0 spiro atoms. The Bertz CT molecular complexity index is 149. The monoisotopic (exact) mass is 205 g/mol. The number of aliphatic carboxylic acids is 1. The highest BCUT2D eigenvalue weighted by atomic mass is 32.2. The van der Waals surface area contributed by atoms with Crippen LogP contribution in [0.25, 0.3) is 0 Å². The maximum Gasteiger partial charge on any atom is 0.316 e. The van der Waals surface area contributed by atoms with Crippen molar-refractivity contribution < 1.29 is 9.90 Å². The topological polar surface area (TPSA) is 40.5 Å². The zero-order valence-electron chi connectivity index (χ0n) is 8.62. The molecule has 1 unspecified atom stereocenters. The second-order valence-corrected chi connectivity index (χ2v) is 4.33. The van der Waals surface area contributed by atoms with Gasteiger partial charge in [0.05, 0.1) is 5.25 Å². The number of nitrogens with zero attached hydrogens (tertiary/aromatic N) is 1. The minimum atomic E-state index is -0.718. The highest BCUT2D eigenvalue weighted by Crippen LogP contribution is 2.10. The molecule has 0 aliphatic rings. The first-order chi connectivity index (χ1) is 6.11. The molecule has 78 valence electrons. The van der Waals surface area contributed by atoms with Crippen molar-refractivity contribution in [3.63, 3.8) is 0 Å². The standard InChI is InChI=1S/C9H19NO2S/c1-4-10(5-2)6-7-13-8(3)9(11)12/h8H,4-7H2,1-3H3,(H,11,12). The molecule has 0 aliphatic carbocycles. The number of rotatable bonds is 7. The predicted octanol–water partition coefficient (Wildman–Crippen LogP) is 1.53. The Labute approximate surface area is 84.5 Å². The van der Waals surface area contributed by atoms with Crippen LogP contribution in [0.5, 0.6) is 0 Å². The second kappa shape index (κ2) is 7.21. The van der Waals surface area contributed by atoms with E-state index >= 15 is 0 Å². The Morgan fingerprint density at radius 2 is 2.00 bits per heavy atom. The van der Waals surface area contributed by atoms with Gasteiger partial charge in [0.2, 0.25) is 0 Å². The molecule has 0 radical (unpaired) electrons. The average molecular weight is 205 g/mol. The molecular formula is C9H19NO2S. The van der Waals surface area contributed by atoms with Crippen molar-refractivity contribution in [1.29, 1.82) is 0 Å². The summed E-state index contributed by atoms with van der Waals surface area (Å²) in [4.78, 5) is 12.8. The lowest BCUT2D eigenvalue weighted by Crippen LogP contribution is -2.26. The van der Waals surface area contributed by atoms with Crippen LogP contribution < -0.4 is 0 Å². The number of carboxylic acids is 1. The van der Waals surface area contributed by atoms with E-state index in [-0.39, 0.29) is 5.25 Å². The summed E-state index contributed by atoms with van der Waals surface area (Å²) in [7, 11) is 0. The van der Waals surface area contributed by atoms with E-state index in [0.29, 0.717) is 0 Å². The van der Waals surface area contributed by atoms with Crippen molar-refractivity contribution in [3.05, 3.63) is 0 Å². The van der Waals surface area contributed by atoms with E-state index in [1.807, 2.05) is 0 Å². The van der Waals surface area contributed by atoms with E-state index in [1.54, 1.807) is 6.92 Å². The lowest BCUT2D eigenvalue weighted by molar-refractivity contribution is -0.136. The number of hydrogen-bond acceptors (Lipinski definition) is 3. The van der Waals surface area contributed by atoms with Gasteiger partial charge in [-0.15, -0.1) is 11.8 Å². The minimum Gasteiger partial charge on any atom is -0.480 e. The molecule has 0 aromatic heterocycles. The van der Waals surface area contributed by atoms with Gasteiger partial charge in [-0.3, -0.25) is 4.79 Å². The largest absolute Gasteiger partial charge is 0.480 e. The highest BCUT2D eigenvalue weighted by Gasteiger charge is 2.10. The van der Waals surface area contributed by atoms with Gasteiger partial charge in [-0.2, -0.15) is 0 Å². The maximum atomic E-state index is 10.5. The molecule has 0 fully saturated rings. The fourth-order valence-corrected chi connectivity index (χ4v) is 1.83. The number of hydrogen-bond donors (Lipinski definition) is 1. The van der Waals surface area contributed by atoms with E-state index in [2.05, 4.69) is 18.7 Å². The van der Waals surface area contributed by atoms with Crippen LogP contribution in [0.1, 0.15) is 20.8 Å². The zero-order valence-corrected chi connectivity index (χ0v) is 9.43. The van der Waals surface area contributed by atoms with Gasteiger partial charge >= 0.3 is 5.97 Å². The summed E-state index contributed by atoms with van der Waals surface area (Å²) >= 11 is 1.50. The van der Waals surface area contributed by atoms with Crippen molar-refractivity contribution in [2.45, 2.75) is 26.0 Å². The summed E-state index contributed by atoms with van der Waals surface area (Å²) in [5, 5.41) is 8.35. The first-order valence-electron chi connectivity index (χ1n) is 4.68. The summed E-state index contributed by atoms with van der Waals surface area (Å²) in [5.74, 6) is 0.180. The molecule has 0 aliphatic heterocycles. The van der Waals surface area contributed by atoms with Crippen LogP contribution in [-0.4, -0.2) is 46.6 Å². The maximum absolute atomic E-state index is 10.5. The molecule has 0 saturated heterocycles. The Hall–Kier alpha value is -0.220. The highest BCUT2D eigenvalue weighted by molar-refractivity contribution is 8.00. The zero-order chi connectivity index (χ0) is 10.3. The minimum absolute atomic E-state index is 0.282. The molecule has 4 heteroatoms. The van der Waals surface area contributed by atoms with Crippen LogP contribution in [0.3, 0.4) is 0 Å². The van der Waals surface area contributed by atoms with Gasteiger partial charge in [-0.05, 0) is 20.0 Å². The van der Waals surface area contributed by atoms with Crippen molar-refractivity contribution >= 4 is 17.7 Å². The van der Waals surface area contributed by atoms with Crippen LogP contribution in [0, 0.1) is 0 Å². The molecule has 0 amide bonds. The van der Waals surface area contributed by atoms with Gasteiger partial charge in [0.1, 0.15) is 0 Å². The molecule has 1 N–H and O–H groups in total. The molecule has 1 atom stereocenters. The van der Waals surface area contributed by atoms with Crippen molar-refractivity contribution in [2.75, 3.05) is 25.4 Å². The molecule has 0 heterocycles. The first kappa shape index (κ1) is 12.8. The molecular weight excluding hydrogens is 186 g/mol. The lowest BCUT2D eigenvalue weighted by Gasteiger charge is -2.17. The van der Waals surface area contributed by atoms with E-state index in [4.69, 9.17) is 5.11 Å². The summed E-state index contributed by atoms with van der Waals surface area (Å²) < 4.78 is 0. The van der Waals surface area contributed by atoms with Crippen molar-refractivity contribution in [3.8, 4) is 0 Å². The fourth-order valence-electron chi connectivity index (χ4n) is 0.970. The third kappa shape index (κ3) is 5.93. The number of carbonyl (C=O) groups is 1. The van der Waals surface area contributed by atoms with Gasteiger partial charge in [0, 0.05) is 12.3 Å². The third-order valence-electron chi connectivity index (χ3n) is 2.02.